The fourth-order valence-corrected chi connectivity index (χ4v) is 3.66. The van der Waals surface area contributed by atoms with Gasteiger partial charge in [-0.15, -0.1) is 0 Å². The van der Waals surface area contributed by atoms with Crippen molar-refractivity contribution in [2.75, 3.05) is 25.0 Å². The first-order chi connectivity index (χ1) is 14.0. The van der Waals surface area contributed by atoms with Crippen LogP contribution in [0.1, 0.15) is 58.5 Å². The number of rotatable bonds is 7. The summed E-state index contributed by atoms with van der Waals surface area (Å²) in [6.45, 7) is 6.77. The normalized spacial score (nSPS) is 12.9. The molecule has 1 aliphatic heterocycles. The van der Waals surface area contributed by atoms with Crippen LogP contribution in [0, 0.1) is 5.82 Å². The monoisotopic (exact) mass is 397 g/mol. The minimum atomic E-state index is -0.426. The Kier molecular flexibility index (Phi) is 6.99. The average Bonchev–Trinajstić information content (AvgIpc) is 2.75. The second-order valence-corrected chi connectivity index (χ2v) is 7.32. The van der Waals surface area contributed by atoms with Gasteiger partial charge in [0.15, 0.2) is 0 Å². The van der Waals surface area contributed by atoms with Crippen LogP contribution >= 0.6 is 0 Å². The summed E-state index contributed by atoms with van der Waals surface area (Å²) < 4.78 is 14.8. The Labute approximate surface area is 171 Å². The summed E-state index contributed by atoms with van der Waals surface area (Å²) >= 11 is 0. The molecule has 0 atom stereocenters. The maximum atomic E-state index is 14.8. The highest BCUT2D eigenvalue weighted by molar-refractivity contribution is 6.06. The lowest BCUT2D eigenvalue weighted by Crippen LogP contribution is -2.32. The number of halogens is 1. The van der Waals surface area contributed by atoms with Gasteiger partial charge < -0.3 is 15.5 Å². The minimum Gasteiger partial charge on any atom is -0.339 e. The molecule has 0 saturated heterocycles. The molecule has 2 aromatic rings. The highest BCUT2D eigenvalue weighted by Gasteiger charge is 2.19. The lowest BCUT2D eigenvalue weighted by Gasteiger charge is -2.22. The molecule has 1 aliphatic rings. The molecule has 2 aromatic carbocycles. The molecule has 154 valence electrons. The molecule has 0 unspecified atom stereocenters. The van der Waals surface area contributed by atoms with Crippen LogP contribution in [0.5, 0.6) is 0 Å². The number of nitrogens with one attached hydrogen (secondary N) is 2. The number of carbonyl (C=O) groups is 2. The van der Waals surface area contributed by atoms with Gasteiger partial charge in [0.2, 0.25) is 0 Å². The largest absolute Gasteiger partial charge is 0.339 e. The highest BCUT2D eigenvalue weighted by Crippen LogP contribution is 2.25. The van der Waals surface area contributed by atoms with E-state index in [1.807, 2.05) is 19.9 Å². The lowest BCUT2D eigenvalue weighted by molar-refractivity contribution is 0.0755. The van der Waals surface area contributed by atoms with Crippen molar-refractivity contribution in [3.05, 3.63) is 64.5 Å². The van der Waals surface area contributed by atoms with Crippen molar-refractivity contribution >= 4 is 17.5 Å². The summed E-state index contributed by atoms with van der Waals surface area (Å²) in [6, 6.07) is 10.1. The van der Waals surface area contributed by atoms with E-state index in [4.69, 9.17) is 0 Å². The second kappa shape index (κ2) is 9.65. The van der Waals surface area contributed by atoms with Gasteiger partial charge in [-0.3, -0.25) is 9.59 Å². The number of hydrogen-bond donors (Lipinski definition) is 2. The maximum Gasteiger partial charge on any atom is 0.255 e. The predicted octanol–water partition coefficient (Wildman–Crippen LogP) is 3.99. The van der Waals surface area contributed by atoms with Crippen molar-refractivity contribution in [1.29, 1.82) is 0 Å². The Hall–Kier alpha value is -2.73. The van der Waals surface area contributed by atoms with E-state index in [0.717, 1.165) is 24.9 Å². The van der Waals surface area contributed by atoms with E-state index in [-0.39, 0.29) is 17.4 Å². The Balaban J connectivity index is 1.78. The second-order valence-electron chi connectivity index (χ2n) is 7.32. The number of anilines is 1. The maximum absolute atomic E-state index is 14.8. The van der Waals surface area contributed by atoms with Gasteiger partial charge in [0.25, 0.3) is 11.8 Å². The number of hydrogen-bond acceptors (Lipinski definition) is 3. The summed E-state index contributed by atoms with van der Waals surface area (Å²) in [5.74, 6) is -0.887. The smallest absolute Gasteiger partial charge is 0.255 e. The minimum absolute atomic E-state index is 0.0872. The van der Waals surface area contributed by atoms with Gasteiger partial charge >= 0.3 is 0 Å². The van der Waals surface area contributed by atoms with Gasteiger partial charge in [-0.1, -0.05) is 26.0 Å². The zero-order valence-electron chi connectivity index (χ0n) is 17.1. The average molecular weight is 397 g/mol. The Morgan fingerprint density at radius 3 is 2.55 bits per heavy atom. The Morgan fingerprint density at radius 1 is 1.10 bits per heavy atom. The van der Waals surface area contributed by atoms with Crippen molar-refractivity contribution in [3.63, 3.8) is 0 Å². The summed E-state index contributed by atoms with van der Waals surface area (Å²) in [4.78, 5) is 27.3. The van der Waals surface area contributed by atoms with E-state index >= 15 is 0 Å². The van der Waals surface area contributed by atoms with Crippen LogP contribution in [0.4, 0.5) is 10.1 Å². The van der Waals surface area contributed by atoms with E-state index in [9.17, 15) is 14.0 Å². The first kappa shape index (κ1) is 21.0. The molecular formula is C23H28FN3O2. The third-order valence-corrected chi connectivity index (χ3v) is 5.10. The van der Waals surface area contributed by atoms with Crippen molar-refractivity contribution < 1.29 is 14.0 Å². The fraction of sp³-hybridized carbons (Fsp3) is 0.391. The molecule has 1 heterocycles. The molecule has 5 nitrogen and oxygen atoms in total. The standard InChI is InChI=1S/C23H28FN3O2/c1-3-12-27(13-4-2)23(29)17-7-5-6-16(14-17)22(28)26-20-9-8-18-15-25-11-10-19(18)21(20)24/h5-9,14,25H,3-4,10-13,15H2,1-2H3,(H,26,28). The van der Waals surface area contributed by atoms with Crippen molar-refractivity contribution in [2.24, 2.45) is 0 Å². The molecule has 2 N–H and O–H groups in total. The molecule has 0 spiro atoms. The SMILES string of the molecule is CCCN(CCC)C(=O)c1cccc(C(=O)Nc2ccc3c(c2F)CCNC3)c1. The zero-order chi connectivity index (χ0) is 20.8. The first-order valence-electron chi connectivity index (χ1n) is 10.3. The van der Waals surface area contributed by atoms with Gasteiger partial charge in [0, 0.05) is 30.8 Å². The Bertz CT molecular complexity index is 892. The molecule has 0 fully saturated rings. The third kappa shape index (κ3) is 4.82. The van der Waals surface area contributed by atoms with Gasteiger partial charge in [-0.25, -0.2) is 4.39 Å². The van der Waals surface area contributed by atoms with Gasteiger partial charge in [-0.2, -0.15) is 0 Å². The fourth-order valence-electron chi connectivity index (χ4n) is 3.66. The van der Waals surface area contributed by atoms with E-state index in [2.05, 4.69) is 10.6 Å². The number of benzene rings is 2. The molecule has 0 aromatic heterocycles. The van der Waals surface area contributed by atoms with E-state index in [1.165, 1.54) is 0 Å². The molecule has 0 aliphatic carbocycles. The van der Waals surface area contributed by atoms with Crippen molar-refractivity contribution in [2.45, 2.75) is 39.7 Å². The number of fused-ring (bicyclic) bond motifs is 1. The molecule has 29 heavy (non-hydrogen) atoms. The van der Waals surface area contributed by atoms with Crippen LogP contribution < -0.4 is 10.6 Å². The van der Waals surface area contributed by atoms with Gasteiger partial charge in [0.05, 0.1) is 5.69 Å². The predicted molar refractivity (Wildman–Crippen MR) is 113 cm³/mol. The van der Waals surface area contributed by atoms with Gasteiger partial charge in [-0.05, 0) is 61.2 Å². The molecule has 0 radical (unpaired) electrons. The number of amides is 2. The lowest BCUT2D eigenvalue weighted by atomic mass is 9.99. The Morgan fingerprint density at radius 2 is 1.83 bits per heavy atom. The van der Waals surface area contributed by atoms with Gasteiger partial charge in [0.1, 0.15) is 5.82 Å². The quantitative estimate of drug-likeness (QED) is 0.743. The summed E-state index contributed by atoms with van der Waals surface area (Å²) in [6.07, 6.45) is 2.34. The number of nitrogens with zero attached hydrogens (tertiary/aromatic N) is 1. The molecule has 2 amide bonds. The molecule has 3 rings (SSSR count). The molecular weight excluding hydrogens is 369 g/mol. The molecule has 0 saturated carbocycles. The zero-order valence-corrected chi connectivity index (χ0v) is 17.1. The summed E-state index contributed by atoms with van der Waals surface area (Å²) in [5.41, 5.74) is 2.55. The molecule has 0 bridgehead atoms. The van der Waals surface area contributed by atoms with Crippen LogP contribution in [0.25, 0.3) is 0 Å². The number of carbonyl (C=O) groups excluding carboxylic acids is 2. The van der Waals surface area contributed by atoms with Crippen LogP contribution in [0.15, 0.2) is 36.4 Å². The topological polar surface area (TPSA) is 61.4 Å². The van der Waals surface area contributed by atoms with Crippen LogP contribution in [-0.4, -0.2) is 36.3 Å². The van der Waals surface area contributed by atoms with Crippen LogP contribution in [0.2, 0.25) is 0 Å². The van der Waals surface area contributed by atoms with E-state index < -0.39 is 5.91 Å². The highest BCUT2D eigenvalue weighted by atomic mass is 19.1. The first-order valence-corrected chi connectivity index (χ1v) is 10.3. The van der Waals surface area contributed by atoms with E-state index in [1.54, 1.807) is 35.2 Å². The molecule has 6 heteroatoms. The van der Waals surface area contributed by atoms with Crippen LogP contribution in [0.3, 0.4) is 0 Å². The third-order valence-electron chi connectivity index (χ3n) is 5.10. The summed E-state index contributed by atoms with van der Waals surface area (Å²) in [5, 5.41) is 5.87. The van der Waals surface area contributed by atoms with Crippen molar-refractivity contribution in [3.8, 4) is 0 Å². The van der Waals surface area contributed by atoms with Crippen molar-refractivity contribution in [1.82, 2.24) is 10.2 Å². The van der Waals surface area contributed by atoms with E-state index in [0.29, 0.717) is 42.7 Å². The van der Waals surface area contributed by atoms with Crippen LogP contribution in [-0.2, 0) is 13.0 Å². The summed E-state index contributed by atoms with van der Waals surface area (Å²) in [7, 11) is 0.